The predicted octanol–water partition coefficient (Wildman–Crippen LogP) is 4.96. The first-order valence-corrected chi connectivity index (χ1v) is 10.6. The second-order valence-corrected chi connectivity index (χ2v) is 8.80. The molecule has 0 aromatic heterocycles. The number of ether oxygens (including phenoxy) is 2. The summed E-state index contributed by atoms with van der Waals surface area (Å²) in [5.41, 5.74) is -0.852. The first kappa shape index (κ1) is 22.2. The molecule has 0 saturated heterocycles. The van der Waals surface area contributed by atoms with Crippen molar-refractivity contribution in [2.24, 2.45) is 11.3 Å². The lowest BCUT2D eigenvalue weighted by Gasteiger charge is -2.51. The molecule has 1 unspecified atom stereocenters. The van der Waals surface area contributed by atoms with E-state index in [0.29, 0.717) is 31.8 Å². The topological polar surface area (TPSA) is 55.8 Å². The zero-order chi connectivity index (χ0) is 20.1. The summed E-state index contributed by atoms with van der Waals surface area (Å²) in [5.74, 6) is 0.166. The molecular weight excluding hydrogens is 340 g/mol. The number of esters is 1. The van der Waals surface area contributed by atoms with Crippen LogP contribution in [0.15, 0.2) is 24.3 Å². The van der Waals surface area contributed by atoms with Gasteiger partial charge in [-0.25, -0.2) is 0 Å². The van der Waals surface area contributed by atoms with E-state index >= 15 is 0 Å². The lowest BCUT2D eigenvalue weighted by Crippen LogP contribution is -2.53. The molecule has 2 aliphatic rings. The van der Waals surface area contributed by atoms with Crippen LogP contribution >= 0.6 is 0 Å². The van der Waals surface area contributed by atoms with E-state index in [1.807, 2.05) is 6.92 Å². The van der Waals surface area contributed by atoms with Crippen LogP contribution in [0.25, 0.3) is 0 Å². The molecule has 1 heterocycles. The van der Waals surface area contributed by atoms with Crippen LogP contribution in [0.1, 0.15) is 79.6 Å². The maximum absolute atomic E-state index is 12.2. The Balaban J connectivity index is 1.97. The first-order chi connectivity index (χ1) is 12.7. The minimum atomic E-state index is -0.380. The van der Waals surface area contributed by atoms with Crippen LogP contribution in [0.2, 0.25) is 0 Å². The molecule has 1 N–H and O–H groups in total. The monoisotopic (exact) mass is 378 g/mol. The SMILES string of the molecule is CCC[C@H](O)CCOC(=O)CC[C@]1(C)C=CC[C@@H](C)[C@@]12C=CC(C)(CC)O2. The molecule has 0 amide bonds. The van der Waals surface area contributed by atoms with Crippen molar-refractivity contribution in [3.05, 3.63) is 24.3 Å². The van der Waals surface area contributed by atoms with Gasteiger partial charge in [0.1, 0.15) is 0 Å². The van der Waals surface area contributed by atoms with Gasteiger partial charge in [0, 0.05) is 18.3 Å². The molecule has 0 bridgehead atoms. The van der Waals surface area contributed by atoms with Gasteiger partial charge >= 0.3 is 5.97 Å². The minimum absolute atomic E-state index is 0.193. The van der Waals surface area contributed by atoms with Gasteiger partial charge in [-0.2, -0.15) is 0 Å². The number of hydrogen-bond donors (Lipinski definition) is 1. The largest absolute Gasteiger partial charge is 0.466 e. The van der Waals surface area contributed by atoms with Gasteiger partial charge in [-0.05, 0) is 38.5 Å². The van der Waals surface area contributed by atoms with E-state index in [0.717, 1.165) is 25.7 Å². The highest BCUT2D eigenvalue weighted by Gasteiger charge is 2.56. The van der Waals surface area contributed by atoms with E-state index in [1.54, 1.807) is 0 Å². The Labute approximate surface area is 165 Å². The molecule has 27 heavy (non-hydrogen) atoms. The Bertz CT molecular complexity index is 569. The van der Waals surface area contributed by atoms with E-state index in [1.165, 1.54) is 0 Å². The fourth-order valence-corrected chi connectivity index (χ4v) is 4.42. The summed E-state index contributed by atoms with van der Waals surface area (Å²) in [7, 11) is 0. The number of carbonyl (C=O) groups excluding carboxylic acids is 1. The van der Waals surface area contributed by atoms with Gasteiger partial charge in [-0.3, -0.25) is 4.79 Å². The van der Waals surface area contributed by atoms with Gasteiger partial charge in [-0.1, -0.05) is 58.4 Å². The molecular formula is C23H38O4. The molecule has 5 atom stereocenters. The second kappa shape index (κ2) is 8.91. The lowest BCUT2D eigenvalue weighted by molar-refractivity contribution is -0.164. The van der Waals surface area contributed by atoms with Crippen LogP contribution in [0.3, 0.4) is 0 Å². The van der Waals surface area contributed by atoms with Crippen LogP contribution in [0.4, 0.5) is 0 Å². The first-order valence-electron chi connectivity index (χ1n) is 10.6. The fourth-order valence-electron chi connectivity index (χ4n) is 4.42. The molecule has 0 aromatic carbocycles. The van der Waals surface area contributed by atoms with Crippen molar-refractivity contribution < 1.29 is 19.4 Å². The number of rotatable bonds is 9. The Kier molecular flexibility index (Phi) is 7.32. The summed E-state index contributed by atoms with van der Waals surface area (Å²) < 4.78 is 12.0. The average molecular weight is 379 g/mol. The Hall–Kier alpha value is -1.13. The number of aliphatic hydroxyl groups is 1. The number of hydrogen-bond acceptors (Lipinski definition) is 4. The van der Waals surface area contributed by atoms with Crippen molar-refractivity contribution in [3.63, 3.8) is 0 Å². The molecule has 0 aromatic rings. The second-order valence-electron chi connectivity index (χ2n) is 8.80. The molecule has 0 radical (unpaired) electrons. The van der Waals surface area contributed by atoms with Crippen LogP contribution in [-0.4, -0.2) is 35.0 Å². The van der Waals surface area contributed by atoms with Gasteiger partial charge < -0.3 is 14.6 Å². The van der Waals surface area contributed by atoms with Gasteiger partial charge in [0.05, 0.1) is 23.9 Å². The minimum Gasteiger partial charge on any atom is -0.466 e. The van der Waals surface area contributed by atoms with E-state index < -0.39 is 0 Å². The van der Waals surface area contributed by atoms with Crippen LogP contribution in [0, 0.1) is 11.3 Å². The Morgan fingerprint density at radius 2 is 2.00 bits per heavy atom. The number of aliphatic hydroxyl groups excluding tert-OH is 1. The van der Waals surface area contributed by atoms with Crippen molar-refractivity contribution in [2.75, 3.05) is 6.61 Å². The van der Waals surface area contributed by atoms with Crippen LogP contribution in [-0.2, 0) is 14.3 Å². The summed E-state index contributed by atoms with van der Waals surface area (Å²) in [5, 5.41) is 9.75. The van der Waals surface area contributed by atoms with Crippen molar-refractivity contribution in [1.29, 1.82) is 0 Å². The number of allylic oxidation sites excluding steroid dienone is 1. The summed E-state index contributed by atoms with van der Waals surface area (Å²) in [6.45, 7) is 11.0. The zero-order valence-corrected chi connectivity index (χ0v) is 17.8. The molecule has 0 fully saturated rings. The van der Waals surface area contributed by atoms with Gasteiger partial charge in [0.25, 0.3) is 0 Å². The lowest BCUT2D eigenvalue weighted by atomic mass is 9.61. The summed E-state index contributed by atoms with van der Waals surface area (Å²) in [4.78, 5) is 12.2. The summed E-state index contributed by atoms with van der Waals surface area (Å²) in [6, 6.07) is 0. The molecule has 1 aliphatic carbocycles. The normalized spacial score (nSPS) is 36.3. The van der Waals surface area contributed by atoms with E-state index in [-0.39, 0.29) is 28.7 Å². The summed E-state index contributed by atoms with van der Waals surface area (Å²) in [6.07, 6.45) is 13.7. The fraction of sp³-hybridized carbons (Fsp3) is 0.783. The quantitative estimate of drug-likeness (QED) is 0.455. The molecule has 0 saturated carbocycles. The maximum atomic E-state index is 12.2. The van der Waals surface area contributed by atoms with Crippen molar-refractivity contribution in [2.45, 2.75) is 96.9 Å². The van der Waals surface area contributed by atoms with Gasteiger partial charge in [-0.15, -0.1) is 0 Å². The number of carbonyl (C=O) groups is 1. The third-order valence-corrected chi connectivity index (χ3v) is 6.57. The Morgan fingerprint density at radius 3 is 2.63 bits per heavy atom. The van der Waals surface area contributed by atoms with Crippen molar-refractivity contribution in [1.82, 2.24) is 0 Å². The van der Waals surface area contributed by atoms with Crippen LogP contribution < -0.4 is 0 Å². The molecule has 4 heteroatoms. The molecule has 4 nitrogen and oxygen atoms in total. The predicted molar refractivity (Wildman–Crippen MR) is 108 cm³/mol. The van der Waals surface area contributed by atoms with E-state index in [2.05, 4.69) is 52.0 Å². The highest BCUT2D eigenvalue weighted by molar-refractivity contribution is 5.69. The van der Waals surface area contributed by atoms with Crippen LogP contribution in [0.5, 0.6) is 0 Å². The third-order valence-electron chi connectivity index (χ3n) is 6.57. The Morgan fingerprint density at radius 1 is 1.26 bits per heavy atom. The molecule has 1 spiro atoms. The van der Waals surface area contributed by atoms with E-state index in [9.17, 15) is 9.90 Å². The van der Waals surface area contributed by atoms with Crippen molar-refractivity contribution in [3.8, 4) is 0 Å². The van der Waals surface area contributed by atoms with Gasteiger partial charge in [0.15, 0.2) is 0 Å². The molecule has 154 valence electrons. The highest BCUT2D eigenvalue weighted by atomic mass is 16.5. The molecule has 2 rings (SSSR count). The zero-order valence-electron chi connectivity index (χ0n) is 17.8. The standard InChI is InChI=1S/C23H38O4/c1-6-9-19(24)12-17-26-20(25)11-14-21(4)13-8-10-18(3)23(21)16-15-22(5,7-2)27-23/h8,13,15-16,18-19,24H,6-7,9-12,14,17H2,1-5H3/t18-,19+,21+,22?,23+/m1/s1. The summed E-state index contributed by atoms with van der Waals surface area (Å²) >= 11 is 0. The van der Waals surface area contributed by atoms with E-state index in [4.69, 9.17) is 9.47 Å². The maximum Gasteiger partial charge on any atom is 0.305 e. The van der Waals surface area contributed by atoms with Gasteiger partial charge in [0.2, 0.25) is 0 Å². The highest BCUT2D eigenvalue weighted by Crippen LogP contribution is 2.54. The molecule has 1 aliphatic heterocycles. The smallest absolute Gasteiger partial charge is 0.305 e. The average Bonchev–Trinajstić information content (AvgIpc) is 2.99. The van der Waals surface area contributed by atoms with Crippen molar-refractivity contribution >= 4 is 5.97 Å². The third kappa shape index (κ3) is 4.83.